The fourth-order valence-corrected chi connectivity index (χ4v) is 4.28. The number of methoxy groups -OCH3 is 1. The molecule has 8 nitrogen and oxygen atoms in total. The Morgan fingerprint density at radius 2 is 2.18 bits per heavy atom. The molecule has 1 aromatic rings. The number of phenolic OH excluding ortho intramolecular Hbond substituents is 2. The van der Waals surface area contributed by atoms with Crippen molar-refractivity contribution in [3.8, 4) is 11.5 Å². The van der Waals surface area contributed by atoms with E-state index in [1.54, 1.807) is 7.11 Å². The van der Waals surface area contributed by atoms with Crippen molar-refractivity contribution in [2.24, 2.45) is 5.18 Å². The number of fused-ring (bicyclic) bond motifs is 5. The molecule has 4 atom stereocenters. The molecule has 4 N–H and O–H groups in total. The van der Waals surface area contributed by atoms with Crippen molar-refractivity contribution >= 4 is 11.4 Å². The molecule has 8 heteroatoms. The highest BCUT2D eigenvalue weighted by Gasteiger charge is 2.71. The Labute approximate surface area is 126 Å². The molecule has 2 saturated heterocycles. The highest BCUT2D eigenvalue weighted by atomic mass is 16.5. The van der Waals surface area contributed by atoms with Crippen LogP contribution in [-0.4, -0.2) is 53.4 Å². The predicted octanol–water partition coefficient (Wildman–Crippen LogP) is 0.397. The Bertz CT molecular complexity index is 694. The van der Waals surface area contributed by atoms with Gasteiger partial charge in [-0.3, -0.25) is 0 Å². The molecule has 0 aromatic heterocycles. The summed E-state index contributed by atoms with van der Waals surface area (Å²) in [6.45, 7) is 1.85. The van der Waals surface area contributed by atoms with Crippen LogP contribution in [0.15, 0.2) is 5.18 Å². The Morgan fingerprint density at radius 3 is 2.77 bits per heavy atom. The van der Waals surface area contributed by atoms with Crippen LogP contribution in [0.3, 0.4) is 0 Å². The number of ether oxygens (including phenoxy) is 1. The number of benzene rings is 1. The van der Waals surface area contributed by atoms with Crippen molar-refractivity contribution in [2.75, 3.05) is 25.2 Å². The molecule has 4 rings (SSSR count). The summed E-state index contributed by atoms with van der Waals surface area (Å²) >= 11 is 0. The molecule has 118 valence electrons. The number of phenols is 2. The molecule has 2 fully saturated rings. The van der Waals surface area contributed by atoms with E-state index < -0.39 is 11.6 Å². The Hall–Kier alpha value is -1.90. The van der Waals surface area contributed by atoms with Gasteiger partial charge in [0.05, 0.1) is 24.3 Å². The van der Waals surface area contributed by atoms with Crippen LogP contribution in [0.25, 0.3) is 0 Å². The van der Waals surface area contributed by atoms with Crippen molar-refractivity contribution in [1.29, 1.82) is 0 Å². The molecule has 3 aliphatic rings. The second kappa shape index (κ2) is 4.09. The summed E-state index contributed by atoms with van der Waals surface area (Å²) in [6.07, 6.45) is 0. The van der Waals surface area contributed by atoms with E-state index in [-0.39, 0.29) is 41.4 Å². The summed E-state index contributed by atoms with van der Waals surface area (Å²) < 4.78 is 5.76. The van der Waals surface area contributed by atoms with Crippen molar-refractivity contribution in [1.82, 2.24) is 5.32 Å². The molecule has 0 radical (unpaired) electrons. The smallest absolute Gasteiger partial charge is 0.167 e. The van der Waals surface area contributed by atoms with Crippen LogP contribution in [0.4, 0.5) is 11.4 Å². The number of aliphatic hydroxyl groups is 1. The maximum absolute atomic E-state index is 11.0. The summed E-state index contributed by atoms with van der Waals surface area (Å²) in [4.78, 5) is 12.9. The molecule has 3 aliphatic heterocycles. The lowest BCUT2D eigenvalue weighted by Crippen LogP contribution is -2.54. The van der Waals surface area contributed by atoms with Gasteiger partial charge in [-0.05, 0) is 12.1 Å². The molecule has 3 heterocycles. The van der Waals surface area contributed by atoms with E-state index >= 15 is 0 Å². The third-order valence-electron chi connectivity index (χ3n) is 5.32. The molecule has 1 unspecified atom stereocenters. The lowest BCUT2D eigenvalue weighted by Gasteiger charge is -2.38. The average molecular weight is 307 g/mol. The predicted molar refractivity (Wildman–Crippen MR) is 77.6 cm³/mol. The standard InChI is InChI=1S/C14H17N3O5/c1-5-9(16-21)12(20)8-6(4-18)14(22-2)13-7(15-13)3-17(14)10(8)11(5)19/h6-7,13,15,18-20H,3-4H2,1-2H3/t6-,7-,13?,14-/m0/s1. The van der Waals surface area contributed by atoms with Gasteiger partial charge in [0.15, 0.2) is 17.2 Å². The van der Waals surface area contributed by atoms with Crippen molar-refractivity contribution in [3.05, 3.63) is 16.0 Å². The van der Waals surface area contributed by atoms with E-state index in [4.69, 9.17) is 4.74 Å². The first-order valence-corrected chi connectivity index (χ1v) is 7.14. The zero-order chi connectivity index (χ0) is 15.8. The largest absolute Gasteiger partial charge is 0.505 e. The molecule has 0 aliphatic carbocycles. The zero-order valence-corrected chi connectivity index (χ0v) is 12.2. The number of hydrogen-bond donors (Lipinski definition) is 4. The molecule has 1 aromatic carbocycles. The average Bonchev–Trinajstić information content (AvgIpc) is 3.12. The summed E-state index contributed by atoms with van der Waals surface area (Å²) in [5.41, 5.74) is -0.0812. The van der Waals surface area contributed by atoms with E-state index in [0.29, 0.717) is 17.8 Å². The SMILES string of the molecule is CO[C@@]12C3N[C@H]3CN1c1c(O)c(C)c(N=O)c(O)c1[C@@H]2CO. The van der Waals surface area contributed by atoms with Gasteiger partial charge in [-0.1, -0.05) is 0 Å². The fourth-order valence-electron chi connectivity index (χ4n) is 4.28. The number of aromatic hydroxyl groups is 2. The van der Waals surface area contributed by atoms with Crippen LogP contribution in [0.1, 0.15) is 17.0 Å². The quantitative estimate of drug-likeness (QED) is 0.362. The number of nitroso groups, excluding NO2 is 1. The van der Waals surface area contributed by atoms with Crippen LogP contribution in [0, 0.1) is 11.8 Å². The third kappa shape index (κ3) is 1.25. The number of hydrogen-bond acceptors (Lipinski definition) is 8. The zero-order valence-electron chi connectivity index (χ0n) is 12.2. The first-order chi connectivity index (χ1) is 10.5. The van der Waals surface area contributed by atoms with Crippen LogP contribution in [-0.2, 0) is 4.74 Å². The number of nitrogens with one attached hydrogen (secondary N) is 1. The first-order valence-electron chi connectivity index (χ1n) is 7.14. The van der Waals surface area contributed by atoms with Gasteiger partial charge in [-0.15, -0.1) is 4.91 Å². The summed E-state index contributed by atoms with van der Waals surface area (Å²) in [5.74, 6) is -0.965. The van der Waals surface area contributed by atoms with Gasteiger partial charge in [0, 0.05) is 30.8 Å². The second-order valence-electron chi connectivity index (χ2n) is 6.08. The Balaban J connectivity index is 2.03. The van der Waals surface area contributed by atoms with Gasteiger partial charge < -0.3 is 30.3 Å². The first kappa shape index (κ1) is 13.7. The molecular weight excluding hydrogens is 290 g/mol. The molecule has 22 heavy (non-hydrogen) atoms. The molecule has 0 amide bonds. The third-order valence-corrected chi connectivity index (χ3v) is 5.32. The summed E-state index contributed by atoms with van der Waals surface area (Å²) in [7, 11) is 1.55. The number of piperazine rings is 1. The maximum Gasteiger partial charge on any atom is 0.167 e. The van der Waals surface area contributed by atoms with Crippen LogP contribution >= 0.6 is 0 Å². The monoisotopic (exact) mass is 307 g/mol. The van der Waals surface area contributed by atoms with Gasteiger partial charge in [-0.25, -0.2) is 0 Å². The van der Waals surface area contributed by atoms with E-state index in [1.165, 1.54) is 6.92 Å². The summed E-state index contributed by atoms with van der Waals surface area (Å²) in [5, 5.41) is 37.0. The minimum Gasteiger partial charge on any atom is -0.505 e. The van der Waals surface area contributed by atoms with Gasteiger partial charge in [0.1, 0.15) is 5.75 Å². The lowest BCUT2D eigenvalue weighted by atomic mass is 9.88. The van der Waals surface area contributed by atoms with Crippen molar-refractivity contribution in [3.63, 3.8) is 0 Å². The van der Waals surface area contributed by atoms with Crippen LogP contribution < -0.4 is 10.2 Å². The fraction of sp³-hybridized carbons (Fsp3) is 0.571. The normalized spacial score (nSPS) is 34.3. The van der Waals surface area contributed by atoms with Crippen molar-refractivity contribution in [2.45, 2.75) is 30.7 Å². The van der Waals surface area contributed by atoms with E-state index in [9.17, 15) is 20.2 Å². The minimum atomic E-state index is -0.870. The van der Waals surface area contributed by atoms with Gasteiger partial charge in [0.25, 0.3) is 0 Å². The van der Waals surface area contributed by atoms with E-state index in [1.807, 2.05) is 4.90 Å². The van der Waals surface area contributed by atoms with Gasteiger partial charge in [0.2, 0.25) is 0 Å². The van der Waals surface area contributed by atoms with Gasteiger partial charge >= 0.3 is 0 Å². The van der Waals surface area contributed by atoms with Gasteiger partial charge in [-0.2, -0.15) is 0 Å². The molecule has 0 saturated carbocycles. The number of nitrogens with zero attached hydrogens (tertiary/aromatic N) is 2. The number of anilines is 1. The maximum atomic E-state index is 11.0. The molecule has 0 spiro atoms. The highest BCUT2D eigenvalue weighted by molar-refractivity contribution is 5.84. The minimum absolute atomic E-state index is 0.00814. The number of aliphatic hydroxyl groups excluding tert-OH is 1. The van der Waals surface area contributed by atoms with Crippen LogP contribution in [0.5, 0.6) is 11.5 Å². The summed E-state index contributed by atoms with van der Waals surface area (Å²) in [6, 6.07) is 0.238. The molecule has 0 bridgehead atoms. The topological polar surface area (TPSA) is 125 Å². The van der Waals surface area contributed by atoms with E-state index in [2.05, 4.69) is 10.5 Å². The van der Waals surface area contributed by atoms with E-state index in [0.717, 1.165) is 0 Å². The molecular formula is C14H17N3O5. The number of rotatable bonds is 3. The highest BCUT2D eigenvalue weighted by Crippen LogP contribution is 2.63. The Kier molecular flexibility index (Phi) is 2.56. The lowest BCUT2D eigenvalue weighted by molar-refractivity contribution is -0.0324. The van der Waals surface area contributed by atoms with Crippen LogP contribution in [0.2, 0.25) is 0 Å². The second-order valence-corrected chi connectivity index (χ2v) is 6.08. The Morgan fingerprint density at radius 1 is 1.45 bits per heavy atom. The van der Waals surface area contributed by atoms with Crippen molar-refractivity contribution < 1.29 is 20.1 Å².